The van der Waals surface area contributed by atoms with Gasteiger partial charge in [0, 0.05) is 25.1 Å². The van der Waals surface area contributed by atoms with Crippen LogP contribution >= 0.6 is 0 Å². The summed E-state index contributed by atoms with van der Waals surface area (Å²) >= 11 is 0. The monoisotopic (exact) mass is 330 g/mol. The third-order valence-corrected chi connectivity index (χ3v) is 4.03. The molecule has 1 saturated heterocycles. The van der Waals surface area contributed by atoms with Gasteiger partial charge in [-0.05, 0) is 30.9 Å². The number of aryl methyl sites for hydroxylation is 1. The largest absolute Gasteiger partial charge is 0.458 e. The minimum absolute atomic E-state index is 0.0363. The molecule has 0 N–H and O–H groups in total. The maximum atomic E-state index is 13.7. The van der Waals surface area contributed by atoms with Crippen molar-refractivity contribution in [2.75, 3.05) is 13.1 Å². The standard InChI is InChI=1S/C17H19FN4O2/c1-2-12-8-20-17(21-9-12)24-13-4-3-7-22(11-13)16(23)14-5-6-19-10-15(14)18/h5-6,8-10,13H,2-4,7,11H2,1H3. The number of carbonyl (C=O) groups is 1. The lowest BCUT2D eigenvalue weighted by atomic mass is 10.1. The van der Waals surface area contributed by atoms with Gasteiger partial charge >= 0.3 is 6.01 Å². The number of pyridine rings is 1. The highest BCUT2D eigenvalue weighted by Crippen LogP contribution is 2.18. The summed E-state index contributed by atoms with van der Waals surface area (Å²) in [6.45, 7) is 3.00. The molecule has 1 atom stereocenters. The molecule has 0 saturated carbocycles. The van der Waals surface area contributed by atoms with Crippen molar-refractivity contribution < 1.29 is 13.9 Å². The third kappa shape index (κ3) is 3.67. The average Bonchev–Trinajstić information content (AvgIpc) is 2.62. The van der Waals surface area contributed by atoms with Gasteiger partial charge in [-0.3, -0.25) is 9.78 Å². The van der Waals surface area contributed by atoms with E-state index in [9.17, 15) is 9.18 Å². The van der Waals surface area contributed by atoms with E-state index in [1.807, 2.05) is 6.92 Å². The Hall–Kier alpha value is -2.57. The van der Waals surface area contributed by atoms with Gasteiger partial charge < -0.3 is 9.64 Å². The van der Waals surface area contributed by atoms with Crippen LogP contribution in [0.5, 0.6) is 6.01 Å². The van der Waals surface area contributed by atoms with Crippen LogP contribution in [0.1, 0.15) is 35.7 Å². The van der Waals surface area contributed by atoms with Crippen LogP contribution in [-0.4, -0.2) is 45.0 Å². The molecule has 126 valence electrons. The number of carbonyl (C=O) groups excluding carboxylic acids is 1. The van der Waals surface area contributed by atoms with E-state index in [0.29, 0.717) is 19.1 Å². The molecule has 1 amide bonds. The lowest BCUT2D eigenvalue weighted by molar-refractivity contribution is 0.0511. The maximum absolute atomic E-state index is 13.7. The second kappa shape index (κ2) is 7.33. The van der Waals surface area contributed by atoms with E-state index in [1.54, 1.807) is 17.3 Å². The fourth-order valence-electron chi connectivity index (χ4n) is 2.67. The summed E-state index contributed by atoms with van der Waals surface area (Å²) < 4.78 is 19.5. The maximum Gasteiger partial charge on any atom is 0.316 e. The fourth-order valence-corrected chi connectivity index (χ4v) is 2.67. The van der Waals surface area contributed by atoms with Crippen molar-refractivity contribution in [3.8, 4) is 6.01 Å². The van der Waals surface area contributed by atoms with E-state index in [0.717, 1.165) is 31.0 Å². The number of hydrogen-bond donors (Lipinski definition) is 0. The van der Waals surface area contributed by atoms with Gasteiger partial charge in [-0.15, -0.1) is 0 Å². The van der Waals surface area contributed by atoms with Gasteiger partial charge in [-0.25, -0.2) is 14.4 Å². The number of amides is 1. The summed E-state index contributed by atoms with van der Waals surface area (Å²) in [5.41, 5.74) is 1.07. The number of piperidine rings is 1. The van der Waals surface area contributed by atoms with E-state index < -0.39 is 5.82 Å². The highest BCUT2D eigenvalue weighted by molar-refractivity contribution is 5.94. The summed E-state index contributed by atoms with van der Waals surface area (Å²) in [4.78, 5) is 26.1. The molecule has 24 heavy (non-hydrogen) atoms. The number of halogens is 1. The Kier molecular flexibility index (Phi) is 4.98. The van der Waals surface area contributed by atoms with Gasteiger partial charge in [-0.1, -0.05) is 6.92 Å². The second-order valence-corrected chi connectivity index (χ2v) is 5.72. The average molecular weight is 330 g/mol. The first-order chi connectivity index (χ1) is 11.7. The van der Waals surface area contributed by atoms with Crippen LogP contribution in [0.2, 0.25) is 0 Å². The lowest BCUT2D eigenvalue weighted by Crippen LogP contribution is -2.44. The Labute approximate surface area is 139 Å². The van der Waals surface area contributed by atoms with Crippen LogP contribution in [-0.2, 0) is 6.42 Å². The molecule has 2 aromatic rings. The number of nitrogens with zero attached hydrogens (tertiary/aromatic N) is 4. The van der Waals surface area contributed by atoms with Crippen molar-refractivity contribution in [2.24, 2.45) is 0 Å². The van der Waals surface area contributed by atoms with Gasteiger partial charge in [0.15, 0.2) is 5.82 Å². The van der Waals surface area contributed by atoms with Gasteiger partial charge in [0.2, 0.25) is 0 Å². The van der Waals surface area contributed by atoms with Gasteiger partial charge in [-0.2, -0.15) is 0 Å². The molecule has 0 aliphatic carbocycles. The van der Waals surface area contributed by atoms with Gasteiger partial charge in [0.05, 0.1) is 18.3 Å². The summed E-state index contributed by atoms with van der Waals surface area (Å²) in [6.07, 6.45) is 8.20. The quantitative estimate of drug-likeness (QED) is 0.860. The SMILES string of the molecule is CCc1cnc(OC2CCCN(C(=O)c3ccncc3F)C2)nc1. The molecule has 0 spiro atoms. The molecule has 1 unspecified atom stereocenters. The zero-order valence-electron chi connectivity index (χ0n) is 13.5. The number of likely N-dealkylation sites (tertiary alicyclic amines) is 1. The molecule has 0 bridgehead atoms. The third-order valence-electron chi connectivity index (χ3n) is 4.03. The minimum atomic E-state index is -0.607. The highest BCUT2D eigenvalue weighted by atomic mass is 19.1. The summed E-state index contributed by atoms with van der Waals surface area (Å²) in [6, 6.07) is 1.70. The summed E-state index contributed by atoms with van der Waals surface area (Å²) in [7, 11) is 0. The zero-order valence-corrected chi connectivity index (χ0v) is 13.5. The smallest absolute Gasteiger partial charge is 0.316 e. The number of hydrogen-bond acceptors (Lipinski definition) is 5. The zero-order chi connectivity index (χ0) is 16.9. The van der Waals surface area contributed by atoms with Crippen LogP contribution < -0.4 is 4.74 Å². The van der Waals surface area contributed by atoms with Crippen LogP contribution in [0.4, 0.5) is 4.39 Å². The molecule has 3 rings (SSSR count). The molecular formula is C17H19FN4O2. The van der Waals surface area contributed by atoms with E-state index in [-0.39, 0.29) is 17.6 Å². The minimum Gasteiger partial charge on any atom is -0.458 e. The van der Waals surface area contributed by atoms with Gasteiger partial charge in [0.1, 0.15) is 6.10 Å². The van der Waals surface area contributed by atoms with E-state index in [4.69, 9.17) is 4.74 Å². The Balaban J connectivity index is 1.65. The molecule has 2 aromatic heterocycles. The first-order valence-corrected chi connectivity index (χ1v) is 8.03. The predicted molar refractivity (Wildman–Crippen MR) is 85.2 cm³/mol. The molecule has 6 nitrogen and oxygen atoms in total. The van der Waals surface area contributed by atoms with Crippen LogP contribution in [0.15, 0.2) is 30.9 Å². The molecule has 3 heterocycles. The molecule has 7 heteroatoms. The van der Waals surface area contributed by atoms with Crippen molar-refractivity contribution in [2.45, 2.75) is 32.3 Å². The topological polar surface area (TPSA) is 68.2 Å². The second-order valence-electron chi connectivity index (χ2n) is 5.72. The van der Waals surface area contributed by atoms with E-state index in [1.165, 1.54) is 12.3 Å². The molecule has 0 aromatic carbocycles. The molecular weight excluding hydrogens is 311 g/mol. The highest BCUT2D eigenvalue weighted by Gasteiger charge is 2.27. The van der Waals surface area contributed by atoms with Crippen molar-refractivity contribution in [3.63, 3.8) is 0 Å². The molecule has 1 fully saturated rings. The molecule has 1 aliphatic heterocycles. The lowest BCUT2D eigenvalue weighted by Gasteiger charge is -2.32. The fraction of sp³-hybridized carbons (Fsp3) is 0.412. The number of rotatable bonds is 4. The van der Waals surface area contributed by atoms with Crippen molar-refractivity contribution >= 4 is 5.91 Å². The molecule has 1 aliphatic rings. The Morgan fingerprint density at radius 3 is 2.88 bits per heavy atom. The van der Waals surface area contributed by atoms with Crippen molar-refractivity contribution in [1.29, 1.82) is 0 Å². The van der Waals surface area contributed by atoms with E-state index >= 15 is 0 Å². The first-order valence-electron chi connectivity index (χ1n) is 8.03. The van der Waals surface area contributed by atoms with Gasteiger partial charge in [0.25, 0.3) is 5.91 Å². The predicted octanol–water partition coefficient (Wildman–Crippen LogP) is 2.26. The van der Waals surface area contributed by atoms with E-state index in [2.05, 4.69) is 15.0 Å². The normalized spacial score (nSPS) is 17.6. The Morgan fingerprint density at radius 1 is 1.38 bits per heavy atom. The summed E-state index contributed by atoms with van der Waals surface area (Å²) in [5, 5.41) is 0. The van der Waals surface area contributed by atoms with Crippen molar-refractivity contribution in [1.82, 2.24) is 19.9 Å². The Bertz CT molecular complexity index is 708. The first kappa shape index (κ1) is 16.3. The van der Waals surface area contributed by atoms with Crippen LogP contribution in [0, 0.1) is 5.82 Å². The van der Waals surface area contributed by atoms with Crippen LogP contribution in [0.25, 0.3) is 0 Å². The number of aromatic nitrogens is 3. The summed E-state index contributed by atoms with van der Waals surface area (Å²) in [5.74, 6) is -0.950. The number of ether oxygens (including phenoxy) is 1. The molecule has 0 radical (unpaired) electrons. The van der Waals surface area contributed by atoms with Crippen molar-refractivity contribution in [3.05, 3.63) is 47.8 Å². The van der Waals surface area contributed by atoms with Crippen LogP contribution in [0.3, 0.4) is 0 Å². The Morgan fingerprint density at radius 2 is 2.17 bits per heavy atom.